The third-order valence-corrected chi connectivity index (χ3v) is 4.49. The van der Waals surface area contributed by atoms with Crippen molar-refractivity contribution in [2.45, 2.75) is 0 Å². The van der Waals surface area contributed by atoms with Crippen molar-refractivity contribution in [2.75, 3.05) is 30.9 Å². The number of thiol groups is 1. The van der Waals surface area contributed by atoms with E-state index in [-0.39, 0.29) is 22.9 Å². The van der Waals surface area contributed by atoms with Crippen molar-refractivity contribution in [2.24, 2.45) is 0 Å². The van der Waals surface area contributed by atoms with E-state index in [1.165, 1.54) is 35.6 Å². The first-order valence-corrected chi connectivity index (χ1v) is 9.18. The third kappa shape index (κ3) is 4.37. The summed E-state index contributed by atoms with van der Waals surface area (Å²) in [4.78, 5) is 35.8. The summed E-state index contributed by atoms with van der Waals surface area (Å²) < 4.78 is 37.1. The van der Waals surface area contributed by atoms with Crippen molar-refractivity contribution in [1.82, 2.24) is 19.8 Å². The Morgan fingerprint density at radius 2 is 1.70 bits per heavy atom. The Balaban J connectivity index is 1.63. The van der Waals surface area contributed by atoms with Crippen LogP contribution in [0, 0.1) is 5.82 Å². The SMILES string of the molecule is O=C(c1ccc(N[SH](=O)=O)c(F)c1)N1CCN(C(=O)c2cnccn2)CC1. The van der Waals surface area contributed by atoms with Gasteiger partial charge in [-0.15, -0.1) is 0 Å². The van der Waals surface area contributed by atoms with Crippen LogP contribution in [-0.2, 0) is 10.9 Å². The summed E-state index contributed by atoms with van der Waals surface area (Å²) in [5.41, 5.74) is 0.120. The van der Waals surface area contributed by atoms with Crippen LogP contribution in [0.5, 0.6) is 0 Å². The molecule has 1 aromatic carbocycles. The number of aromatic nitrogens is 2. The number of rotatable bonds is 4. The Hall–Kier alpha value is -3.08. The fourth-order valence-corrected chi connectivity index (χ4v) is 3.08. The molecule has 1 N–H and O–H groups in total. The monoisotopic (exact) mass is 393 g/mol. The van der Waals surface area contributed by atoms with E-state index in [1.54, 1.807) is 4.90 Å². The molecule has 0 saturated carbocycles. The lowest BCUT2D eigenvalue weighted by atomic mass is 10.1. The molecule has 2 amide bonds. The highest BCUT2D eigenvalue weighted by atomic mass is 32.2. The average Bonchev–Trinajstić information content (AvgIpc) is 2.69. The highest BCUT2D eigenvalue weighted by molar-refractivity contribution is 7.73. The van der Waals surface area contributed by atoms with Gasteiger partial charge in [0, 0.05) is 44.1 Å². The molecule has 3 rings (SSSR count). The minimum absolute atomic E-state index is 0.105. The summed E-state index contributed by atoms with van der Waals surface area (Å²) in [6.07, 6.45) is 4.29. The largest absolute Gasteiger partial charge is 0.335 e. The summed E-state index contributed by atoms with van der Waals surface area (Å²) in [7, 11) is -2.99. The second-order valence-electron chi connectivity index (χ2n) is 5.74. The van der Waals surface area contributed by atoms with Gasteiger partial charge < -0.3 is 9.80 Å². The quantitative estimate of drug-likeness (QED) is 0.716. The molecule has 11 heteroatoms. The second-order valence-corrected chi connectivity index (χ2v) is 6.48. The molecular weight excluding hydrogens is 377 g/mol. The maximum atomic E-state index is 13.9. The van der Waals surface area contributed by atoms with E-state index in [0.717, 1.165) is 6.07 Å². The molecule has 1 fully saturated rings. The van der Waals surface area contributed by atoms with E-state index < -0.39 is 22.6 Å². The lowest BCUT2D eigenvalue weighted by Crippen LogP contribution is -2.50. The number of amides is 2. The van der Waals surface area contributed by atoms with Crippen LogP contribution < -0.4 is 4.72 Å². The van der Waals surface area contributed by atoms with Crippen LogP contribution >= 0.6 is 0 Å². The molecule has 1 saturated heterocycles. The van der Waals surface area contributed by atoms with E-state index in [1.807, 2.05) is 4.72 Å². The molecule has 0 atom stereocenters. The number of benzene rings is 1. The zero-order valence-electron chi connectivity index (χ0n) is 14.0. The summed E-state index contributed by atoms with van der Waals surface area (Å²) >= 11 is 0. The number of carbonyl (C=O) groups is 2. The Bertz CT molecular complexity index is 922. The van der Waals surface area contributed by atoms with Crippen LogP contribution in [0.25, 0.3) is 0 Å². The van der Waals surface area contributed by atoms with E-state index in [0.29, 0.717) is 26.2 Å². The Labute approximate surface area is 155 Å². The topological polar surface area (TPSA) is 113 Å². The number of carbonyl (C=O) groups excluding carboxylic acids is 2. The molecule has 2 heterocycles. The molecule has 27 heavy (non-hydrogen) atoms. The molecule has 2 aromatic rings. The number of nitrogens with zero attached hydrogens (tertiary/aromatic N) is 4. The molecule has 0 unspecified atom stereocenters. The van der Waals surface area contributed by atoms with Crippen molar-refractivity contribution < 1.29 is 22.4 Å². The maximum absolute atomic E-state index is 13.9. The molecule has 0 aliphatic carbocycles. The fourth-order valence-electron chi connectivity index (χ4n) is 2.70. The average molecular weight is 393 g/mol. The van der Waals surface area contributed by atoms with Gasteiger partial charge >= 0.3 is 0 Å². The molecule has 0 bridgehead atoms. The van der Waals surface area contributed by atoms with Gasteiger partial charge in [-0.2, -0.15) is 0 Å². The minimum atomic E-state index is -2.99. The first kappa shape index (κ1) is 18.7. The van der Waals surface area contributed by atoms with E-state index in [9.17, 15) is 22.4 Å². The highest BCUT2D eigenvalue weighted by Gasteiger charge is 2.26. The number of anilines is 1. The Morgan fingerprint density at radius 3 is 2.26 bits per heavy atom. The Kier molecular flexibility index (Phi) is 5.60. The van der Waals surface area contributed by atoms with Crippen molar-refractivity contribution in [3.63, 3.8) is 0 Å². The molecule has 9 nitrogen and oxygen atoms in total. The second kappa shape index (κ2) is 8.08. The molecule has 0 spiro atoms. The van der Waals surface area contributed by atoms with Gasteiger partial charge in [-0.3, -0.25) is 19.3 Å². The number of hydrogen-bond acceptors (Lipinski definition) is 6. The lowest BCUT2D eigenvalue weighted by Gasteiger charge is -2.34. The molecule has 1 aliphatic heterocycles. The Morgan fingerprint density at radius 1 is 1.04 bits per heavy atom. The van der Waals surface area contributed by atoms with Crippen molar-refractivity contribution >= 4 is 28.4 Å². The number of hydrogen-bond donors (Lipinski definition) is 2. The zero-order chi connectivity index (χ0) is 19.4. The van der Waals surface area contributed by atoms with Crippen molar-refractivity contribution in [3.8, 4) is 0 Å². The smallest absolute Gasteiger partial charge is 0.274 e. The number of piperazine rings is 1. The van der Waals surface area contributed by atoms with Gasteiger partial charge in [-0.25, -0.2) is 17.8 Å². The predicted octanol–water partition coefficient (Wildman–Crippen LogP) is 0.152. The number of nitrogens with one attached hydrogen (secondary N) is 1. The molecule has 142 valence electrons. The molecule has 1 aromatic heterocycles. The summed E-state index contributed by atoms with van der Waals surface area (Å²) in [6, 6.07) is 3.53. The van der Waals surface area contributed by atoms with Gasteiger partial charge in [0.2, 0.25) is 10.9 Å². The van der Waals surface area contributed by atoms with Crippen molar-refractivity contribution in [1.29, 1.82) is 0 Å². The first-order chi connectivity index (χ1) is 13.0. The standard InChI is InChI=1S/C16H16FN5O4S/c17-12-9-11(1-2-13(12)20-27(25)26)15(23)21-5-7-22(8-6-21)16(24)14-10-18-3-4-19-14/h1-4,9-10,27H,5-8H2,(H,20,25,26). The van der Waals surface area contributed by atoms with Crippen LogP contribution in [0.2, 0.25) is 0 Å². The van der Waals surface area contributed by atoms with Crippen LogP contribution in [0.15, 0.2) is 36.8 Å². The highest BCUT2D eigenvalue weighted by Crippen LogP contribution is 2.18. The number of halogens is 1. The normalized spacial score (nSPS) is 14.3. The van der Waals surface area contributed by atoms with Crippen molar-refractivity contribution in [3.05, 3.63) is 53.9 Å². The van der Waals surface area contributed by atoms with Crippen LogP contribution in [-0.4, -0.2) is 66.2 Å². The zero-order valence-corrected chi connectivity index (χ0v) is 14.9. The van der Waals surface area contributed by atoms with E-state index in [2.05, 4.69) is 9.97 Å². The van der Waals surface area contributed by atoms with Gasteiger partial charge in [0.25, 0.3) is 11.8 Å². The van der Waals surface area contributed by atoms with Crippen LogP contribution in [0.4, 0.5) is 10.1 Å². The maximum Gasteiger partial charge on any atom is 0.274 e. The summed E-state index contributed by atoms with van der Waals surface area (Å²) in [5, 5.41) is 0. The molecule has 0 radical (unpaired) electrons. The summed E-state index contributed by atoms with van der Waals surface area (Å²) in [6.45, 7) is 1.22. The lowest BCUT2D eigenvalue weighted by molar-refractivity contribution is 0.0532. The van der Waals surface area contributed by atoms with Gasteiger partial charge in [0.15, 0.2) is 0 Å². The fraction of sp³-hybridized carbons (Fsp3) is 0.250. The van der Waals surface area contributed by atoms with Crippen LogP contribution in [0.1, 0.15) is 20.8 Å². The predicted molar refractivity (Wildman–Crippen MR) is 94.2 cm³/mol. The van der Waals surface area contributed by atoms with Gasteiger partial charge in [-0.1, -0.05) is 0 Å². The molecular formula is C16H16FN5O4S. The van der Waals surface area contributed by atoms with Gasteiger partial charge in [-0.05, 0) is 18.2 Å². The van der Waals surface area contributed by atoms with Crippen LogP contribution in [0.3, 0.4) is 0 Å². The molecule has 1 aliphatic rings. The van der Waals surface area contributed by atoms with Gasteiger partial charge in [0.05, 0.1) is 11.9 Å². The minimum Gasteiger partial charge on any atom is -0.335 e. The van der Waals surface area contributed by atoms with E-state index >= 15 is 0 Å². The third-order valence-electron chi connectivity index (χ3n) is 4.06. The summed E-state index contributed by atoms with van der Waals surface area (Å²) in [5.74, 6) is -1.49. The van der Waals surface area contributed by atoms with E-state index in [4.69, 9.17) is 0 Å². The van der Waals surface area contributed by atoms with Gasteiger partial charge in [0.1, 0.15) is 11.5 Å². The first-order valence-electron chi connectivity index (χ1n) is 8.01.